The van der Waals surface area contributed by atoms with E-state index in [2.05, 4.69) is 39.0 Å². The van der Waals surface area contributed by atoms with Crippen LogP contribution < -0.4 is 0 Å². The molecule has 0 aliphatic carbocycles. The number of carbonyl (C=O) groups is 1. The molecule has 0 spiro atoms. The van der Waals surface area contributed by atoms with E-state index in [0.717, 1.165) is 61.6 Å². The first-order chi connectivity index (χ1) is 13.1. The predicted molar refractivity (Wildman–Crippen MR) is 115 cm³/mol. The molecule has 0 atom stereocenters. The normalized spacial score (nSPS) is 11.6. The van der Waals surface area contributed by atoms with E-state index in [1.165, 1.54) is 11.1 Å². The van der Waals surface area contributed by atoms with E-state index in [1.807, 2.05) is 30.3 Å². The van der Waals surface area contributed by atoms with Gasteiger partial charge in [0.15, 0.2) is 0 Å². The summed E-state index contributed by atoms with van der Waals surface area (Å²) in [4.78, 5) is 12.1. The van der Waals surface area contributed by atoms with Gasteiger partial charge in [-0.1, -0.05) is 82.5 Å². The van der Waals surface area contributed by atoms with Crippen molar-refractivity contribution in [1.82, 2.24) is 0 Å². The van der Waals surface area contributed by atoms with Crippen molar-refractivity contribution in [1.29, 1.82) is 0 Å². The van der Waals surface area contributed by atoms with Crippen molar-refractivity contribution in [2.45, 2.75) is 65.7 Å². The standard InChI is InChI=1S/C25H32O2/c1-4-7-15-21(18-19-13-9-8-10-14-19)24-22(12-6-3)20(11-5-2)16-17-23(24)25(26)27/h8-10,13-14,16-18H,4-7,11-12,15H2,1-3H3,(H,26,27). The summed E-state index contributed by atoms with van der Waals surface area (Å²) >= 11 is 0. The van der Waals surface area contributed by atoms with E-state index in [-0.39, 0.29) is 0 Å². The number of aromatic carboxylic acids is 1. The van der Waals surface area contributed by atoms with E-state index in [1.54, 1.807) is 0 Å². The molecule has 0 saturated carbocycles. The Balaban J connectivity index is 2.72. The Morgan fingerprint density at radius 3 is 2.22 bits per heavy atom. The second kappa shape index (κ2) is 10.7. The number of carboxylic acids is 1. The second-order valence-electron chi connectivity index (χ2n) is 7.11. The molecule has 0 bridgehead atoms. The SMILES string of the molecule is CCCCC(=Cc1ccccc1)c1c(C(=O)O)ccc(CCC)c1CCC. The summed E-state index contributed by atoms with van der Waals surface area (Å²) < 4.78 is 0. The van der Waals surface area contributed by atoms with Crippen molar-refractivity contribution in [3.05, 3.63) is 70.3 Å². The zero-order valence-electron chi connectivity index (χ0n) is 16.9. The zero-order valence-corrected chi connectivity index (χ0v) is 16.9. The van der Waals surface area contributed by atoms with Gasteiger partial charge in [0.25, 0.3) is 0 Å². The molecule has 0 aromatic heterocycles. The molecule has 0 aliphatic rings. The van der Waals surface area contributed by atoms with Crippen LogP contribution in [0.3, 0.4) is 0 Å². The van der Waals surface area contributed by atoms with Crippen molar-refractivity contribution >= 4 is 17.6 Å². The van der Waals surface area contributed by atoms with Gasteiger partial charge < -0.3 is 5.11 Å². The van der Waals surface area contributed by atoms with Crippen LogP contribution in [0.5, 0.6) is 0 Å². The van der Waals surface area contributed by atoms with Crippen molar-refractivity contribution in [2.75, 3.05) is 0 Å². The molecule has 0 fully saturated rings. The number of unbranched alkanes of at least 4 members (excludes halogenated alkanes) is 1. The molecule has 27 heavy (non-hydrogen) atoms. The molecule has 2 heteroatoms. The van der Waals surface area contributed by atoms with Crippen LogP contribution in [-0.2, 0) is 12.8 Å². The van der Waals surface area contributed by atoms with E-state index in [9.17, 15) is 9.90 Å². The molecular weight excluding hydrogens is 332 g/mol. The Kier molecular flexibility index (Phi) is 8.32. The zero-order chi connectivity index (χ0) is 19.6. The van der Waals surface area contributed by atoms with Crippen LogP contribution >= 0.6 is 0 Å². The van der Waals surface area contributed by atoms with Crippen molar-refractivity contribution < 1.29 is 9.90 Å². The molecular formula is C25H32O2. The Labute approximate surface area is 163 Å². The first kappa shape index (κ1) is 21.0. The quantitative estimate of drug-likeness (QED) is 0.460. The average molecular weight is 365 g/mol. The topological polar surface area (TPSA) is 37.3 Å². The molecule has 1 N–H and O–H groups in total. The van der Waals surface area contributed by atoms with Crippen LogP contribution in [0.2, 0.25) is 0 Å². The van der Waals surface area contributed by atoms with Gasteiger partial charge in [0.1, 0.15) is 0 Å². The summed E-state index contributed by atoms with van der Waals surface area (Å²) in [5.41, 5.74) is 6.22. The molecule has 0 radical (unpaired) electrons. The molecule has 0 amide bonds. The maximum absolute atomic E-state index is 12.1. The lowest BCUT2D eigenvalue weighted by Gasteiger charge is -2.20. The lowest BCUT2D eigenvalue weighted by molar-refractivity contribution is 0.0696. The maximum atomic E-state index is 12.1. The highest BCUT2D eigenvalue weighted by Crippen LogP contribution is 2.33. The van der Waals surface area contributed by atoms with Gasteiger partial charge in [-0.25, -0.2) is 4.79 Å². The van der Waals surface area contributed by atoms with Crippen LogP contribution in [0.4, 0.5) is 0 Å². The van der Waals surface area contributed by atoms with E-state index in [4.69, 9.17) is 0 Å². The minimum atomic E-state index is -0.833. The molecule has 0 saturated heterocycles. The fourth-order valence-electron chi connectivity index (χ4n) is 3.66. The number of rotatable bonds is 10. The van der Waals surface area contributed by atoms with Crippen molar-refractivity contribution in [3.63, 3.8) is 0 Å². The number of benzene rings is 2. The first-order valence-corrected chi connectivity index (χ1v) is 10.3. The van der Waals surface area contributed by atoms with E-state index >= 15 is 0 Å². The van der Waals surface area contributed by atoms with E-state index < -0.39 is 5.97 Å². The van der Waals surface area contributed by atoms with Crippen molar-refractivity contribution in [3.8, 4) is 0 Å². The van der Waals surface area contributed by atoms with Crippen LogP contribution in [0.25, 0.3) is 11.6 Å². The lowest BCUT2D eigenvalue weighted by atomic mass is 9.84. The number of hydrogen-bond acceptors (Lipinski definition) is 1. The van der Waals surface area contributed by atoms with Crippen LogP contribution in [-0.4, -0.2) is 11.1 Å². The smallest absolute Gasteiger partial charge is 0.336 e. The summed E-state index contributed by atoms with van der Waals surface area (Å²) in [5.74, 6) is -0.833. The monoisotopic (exact) mass is 364 g/mol. The largest absolute Gasteiger partial charge is 0.478 e. The molecule has 0 heterocycles. The summed E-state index contributed by atoms with van der Waals surface area (Å²) in [6.07, 6.45) is 9.23. The minimum absolute atomic E-state index is 0.441. The molecule has 2 aromatic carbocycles. The summed E-state index contributed by atoms with van der Waals surface area (Å²) in [7, 11) is 0. The van der Waals surface area contributed by atoms with Gasteiger partial charge in [0.05, 0.1) is 5.56 Å². The third-order valence-corrected chi connectivity index (χ3v) is 4.92. The van der Waals surface area contributed by atoms with E-state index in [0.29, 0.717) is 5.56 Å². The van der Waals surface area contributed by atoms with Crippen LogP contribution in [0, 0.1) is 0 Å². The number of carboxylic acid groups (broad SMARTS) is 1. The highest BCUT2D eigenvalue weighted by atomic mass is 16.4. The van der Waals surface area contributed by atoms with Gasteiger partial charge in [0.2, 0.25) is 0 Å². The lowest BCUT2D eigenvalue weighted by Crippen LogP contribution is -2.09. The Bertz CT molecular complexity index is 772. The third kappa shape index (κ3) is 5.56. The van der Waals surface area contributed by atoms with Gasteiger partial charge >= 0.3 is 5.97 Å². The number of hydrogen-bond donors (Lipinski definition) is 1. The Morgan fingerprint density at radius 1 is 0.926 bits per heavy atom. The highest BCUT2D eigenvalue weighted by Gasteiger charge is 2.20. The summed E-state index contributed by atoms with van der Waals surface area (Å²) in [5, 5.41) is 9.89. The van der Waals surface area contributed by atoms with Crippen molar-refractivity contribution in [2.24, 2.45) is 0 Å². The molecule has 144 valence electrons. The van der Waals surface area contributed by atoms with Gasteiger partial charge in [-0.15, -0.1) is 0 Å². The maximum Gasteiger partial charge on any atom is 0.336 e. The minimum Gasteiger partial charge on any atom is -0.478 e. The number of aryl methyl sites for hydroxylation is 1. The van der Waals surface area contributed by atoms with Gasteiger partial charge in [0, 0.05) is 0 Å². The van der Waals surface area contributed by atoms with Crippen LogP contribution in [0.15, 0.2) is 42.5 Å². The Morgan fingerprint density at radius 2 is 1.63 bits per heavy atom. The van der Waals surface area contributed by atoms with Gasteiger partial charge in [-0.3, -0.25) is 0 Å². The number of allylic oxidation sites excluding steroid dienone is 1. The average Bonchev–Trinajstić information content (AvgIpc) is 2.67. The highest BCUT2D eigenvalue weighted by molar-refractivity contribution is 5.98. The van der Waals surface area contributed by atoms with Crippen LogP contribution in [0.1, 0.15) is 85.5 Å². The molecule has 0 unspecified atom stereocenters. The molecule has 2 rings (SSSR count). The molecule has 2 nitrogen and oxygen atoms in total. The molecule has 0 aliphatic heterocycles. The summed E-state index contributed by atoms with van der Waals surface area (Å²) in [6.45, 7) is 6.52. The second-order valence-corrected chi connectivity index (χ2v) is 7.11. The van der Waals surface area contributed by atoms with Gasteiger partial charge in [-0.2, -0.15) is 0 Å². The fourth-order valence-corrected chi connectivity index (χ4v) is 3.66. The summed E-state index contributed by atoms with van der Waals surface area (Å²) in [6, 6.07) is 14.1. The predicted octanol–water partition coefficient (Wildman–Crippen LogP) is 7.02. The van der Waals surface area contributed by atoms with Gasteiger partial charge in [-0.05, 0) is 59.6 Å². The first-order valence-electron chi connectivity index (χ1n) is 10.3. The fraction of sp³-hybridized carbons (Fsp3) is 0.400. The molecule has 2 aromatic rings. The Hall–Kier alpha value is -2.35. The third-order valence-electron chi connectivity index (χ3n) is 4.92.